The van der Waals surface area contributed by atoms with Gasteiger partial charge in [0.1, 0.15) is 5.60 Å². The van der Waals surface area contributed by atoms with E-state index < -0.39 is 30.0 Å². The largest absolute Gasteiger partial charge is 0.492 e. The van der Waals surface area contributed by atoms with Crippen LogP contribution in [0.15, 0.2) is 29.7 Å². The molecule has 1 fully saturated rings. The molecule has 148 valence electrons. The Kier molecular flexibility index (Phi) is 6.12. The quantitative estimate of drug-likeness (QED) is 0.788. The molecule has 1 aromatic carbocycles. The molecule has 1 N–H and O–H groups in total. The molecular formula is C21H32BNO4. The number of aryl methyl sites for hydroxylation is 1. The highest BCUT2D eigenvalue weighted by molar-refractivity contribution is 6.56. The molecule has 1 heterocycles. The molecule has 0 atom stereocenters. The third kappa shape index (κ3) is 5.60. The molecule has 0 bridgehead atoms. The molecule has 1 aliphatic heterocycles. The first-order valence-corrected chi connectivity index (χ1v) is 9.39. The second-order valence-electron chi connectivity index (χ2n) is 9.02. The Bertz CT molecular complexity index is 703. The van der Waals surface area contributed by atoms with Gasteiger partial charge in [-0.2, -0.15) is 0 Å². The molecule has 0 aliphatic carbocycles. The minimum absolute atomic E-state index is 0.278. The zero-order valence-corrected chi connectivity index (χ0v) is 17.8. The third-order valence-electron chi connectivity index (χ3n) is 4.92. The van der Waals surface area contributed by atoms with Gasteiger partial charge >= 0.3 is 13.2 Å². The van der Waals surface area contributed by atoms with Gasteiger partial charge in [-0.15, -0.1) is 0 Å². The van der Waals surface area contributed by atoms with Gasteiger partial charge in [0, 0.05) is 6.54 Å². The minimum Gasteiger partial charge on any atom is -0.444 e. The molecular weight excluding hydrogens is 341 g/mol. The lowest BCUT2D eigenvalue weighted by Gasteiger charge is -2.32. The van der Waals surface area contributed by atoms with Crippen molar-refractivity contribution in [3.8, 4) is 0 Å². The number of ether oxygens (including phenoxy) is 1. The molecule has 0 spiro atoms. The van der Waals surface area contributed by atoms with Crippen LogP contribution in [-0.4, -0.2) is 36.6 Å². The SMILES string of the molecule is Cc1ccccc1C=C(CNC(=O)OC(C)(C)C)B1OC(C)(C)C(C)(C)O1. The summed E-state index contributed by atoms with van der Waals surface area (Å²) in [7, 11) is -0.537. The maximum Gasteiger partial charge on any atom is 0.492 e. The lowest BCUT2D eigenvalue weighted by Crippen LogP contribution is -2.41. The van der Waals surface area contributed by atoms with Gasteiger partial charge in [0.15, 0.2) is 0 Å². The Morgan fingerprint density at radius 1 is 1.15 bits per heavy atom. The van der Waals surface area contributed by atoms with Crippen LogP contribution in [0.4, 0.5) is 4.79 Å². The van der Waals surface area contributed by atoms with Crippen LogP contribution >= 0.6 is 0 Å². The van der Waals surface area contributed by atoms with Crippen LogP contribution in [0.5, 0.6) is 0 Å². The number of carbonyl (C=O) groups is 1. The summed E-state index contributed by atoms with van der Waals surface area (Å²) in [5.74, 6) is 0. The highest BCUT2D eigenvalue weighted by Crippen LogP contribution is 2.38. The number of hydrogen-bond donors (Lipinski definition) is 1. The van der Waals surface area contributed by atoms with Crippen LogP contribution in [0.2, 0.25) is 0 Å². The van der Waals surface area contributed by atoms with Gasteiger partial charge < -0.3 is 19.4 Å². The van der Waals surface area contributed by atoms with Gasteiger partial charge in [-0.1, -0.05) is 30.3 Å². The van der Waals surface area contributed by atoms with Crippen LogP contribution in [0, 0.1) is 6.92 Å². The average molecular weight is 373 g/mol. The van der Waals surface area contributed by atoms with E-state index in [1.165, 1.54) is 0 Å². The summed E-state index contributed by atoms with van der Waals surface area (Å²) < 4.78 is 17.7. The molecule has 1 aromatic rings. The Labute approximate surface area is 163 Å². The predicted octanol–water partition coefficient (Wildman–Crippen LogP) is 4.53. The lowest BCUT2D eigenvalue weighted by molar-refractivity contribution is 0.00578. The van der Waals surface area contributed by atoms with E-state index in [0.29, 0.717) is 0 Å². The summed E-state index contributed by atoms with van der Waals surface area (Å²) >= 11 is 0. The van der Waals surface area contributed by atoms with Crippen molar-refractivity contribution in [2.75, 3.05) is 6.54 Å². The van der Waals surface area contributed by atoms with Crippen molar-refractivity contribution in [3.63, 3.8) is 0 Å². The van der Waals surface area contributed by atoms with Gasteiger partial charge in [0.05, 0.1) is 11.2 Å². The second-order valence-corrected chi connectivity index (χ2v) is 9.02. The van der Waals surface area contributed by atoms with Crippen molar-refractivity contribution in [1.29, 1.82) is 0 Å². The molecule has 27 heavy (non-hydrogen) atoms. The Balaban J connectivity index is 2.25. The first kappa shape index (κ1) is 21.5. The third-order valence-corrected chi connectivity index (χ3v) is 4.92. The number of benzene rings is 1. The summed E-state index contributed by atoms with van der Waals surface area (Å²) in [6, 6.07) is 8.07. The number of carbonyl (C=O) groups excluding carboxylic acids is 1. The van der Waals surface area contributed by atoms with E-state index in [0.717, 1.165) is 16.6 Å². The molecule has 0 radical (unpaired) electrons. The van der Waals surface area contributed by atoms with Crippen LogP contribution in [0.25, 0.3) is 6.08 Å². The van der Waals surface area contributed by atoms with Crippen LogP contribution in [0.3, 0.4) is 0 Å². The Hall–Kier alpha value is -1.79. The number of alkyl carbamates (subject to hydrolysis) is 1. The van der Waals surface area contributed by atoms with Crippen molar-refractivity contribution < 1.29 is 18.8 Å². The van der Waals surface area contributed by atoms with Gasteiger partial charge in [0.25, 0.3) is 0 Å². The second kappa shape index (κ2) is 7.68. The lowest BCUT2D eigenvalue weighted by atomic mass is 9.76. The number of rotatable bonds is 4. The summed E-state index contributed by atoms with van der Waals surface area (Å²) in [5.41, 5.74) is 1.60. The molecule has 0 saturated carbocycles. The zero-order valence-electron chi connectivity index (χ0n) is 17.8. The van der Waals surface area contributed by atoms with E-state index in [1.807, 2.05) is 72.7 Å². The minimum atomic E-state index is -0.547. The maximum absolute atomic E-state index is 12.1. The molecule has 2 rings (SSSR count). The Morgan fingerprint density at radius 2 is 1.70 bits per heavy atom. The van der Waals surface area contributed by atoms with Crippen molar-refractivity contribution >= 4 is 19.3 Å². The highest BCUT2D eigenvalue weighted by Gasteiger charge is 2.52. The van der Waals surface area contributed by atoms with Crippen molar-refractivity contribution in [2.45, 2.75) is 72.2 Å². The van der Waals surface area contributed by atoms with Gasteiger partial charge in [-0.3, -0.25) is 0 Å². The predicted molar refractivity (Wildman–Crippen MR) is 109 cm³/mol. The molecule has 5 nitrogen and oxygen atoms in total. The molecule has 0 aromatic heterocycles. The normalized spacial score (nSPS) is 19.1. The monoisotopic (exact) mass is 373 g/mol. The maximum atomic E-state index is 12.1. The first-order chi connectivity index (χ1) is 12.3. The fraction of sp³-hybridized carbons (Fsp3) is 0.571. The van der Waals surface area contributed by atoms with Crippen LogP contribution < -0.4 is 5.32 Å². The van der Waals surface area contributed by atoms with Crippen molar-refractivity contribution in [1.82, 2.24) is 5.32 Å². The van der Waals surface area contributed by atoms with Gasteiger partial charge in [0.2, 0.25) is 0 Å². The van der Waals surface area contributed by atoms with E-state index in [9.17, 15) is 4.79 Å². The number of amides is 1. The van der Waals surface area contributed by atoms with E-state index >= 15 is 0 Å². The Morgan fingerprint density at radius 3 is 2.22 bits per heavy atom. The summed E-state index contributed by atoms with van der Waals surface area (Å²) in [4.78, 5) is 12.1. The average Bonchev–Trinajstić information content (AvgIpc) is 2.71. The highest BCUT2D eigenvalue weighted by atomic mass is 16.7. The fourth-order valence-corrected chi connectivity index (χ4v) is 2.63. The van der Waals surface area contributed by atoms with Crippen molar-refractivity contribution in [2.24, 2.45) is 0 Å². The van der Waals surface area contributed by atoms with Crippen molar-refractivity contribution in [3.05, 3.63) is 40.9 Å². The standard InChI is InChI=1S/C21H32BNO4/c1-15-11-9-10-12-16(15)13-17(14-23-18(24)25-19(2,3)4)22-26-20(5,6)21(7,8)27-22/h9-13H,14H2,1-8H3,(H,23,24). The smallest absolute Gasteiger partial charge is 0.444 e. The van der Waals surface area contributed by atoms with E-state index in [2.05, 4.69) is 18.3 Å². The molecule has 0 unspecified atom stereocenters. The number of nitrogens with one attached hydrogen (secondary N) is 1. The van der Waals surface area contributed by atoms with E-state index in [-0.39, 0.29) is 6.54 Å². The molecule has 1 amide bonds. The number of hydrogen-bond acceptors (Lipinski definition) is 4. The molecule has 1 saturated heterocycles. The van der Waals surface area contributed by atoms with Crippen LogP contribution in [0.1, 0.15) is 59.6 Å². The van der Waals surface area contributed by atoms with E-state index in [4.69, 9.17) is 14.0 Å². The summed E-state index contributed by atoms with van der Waals surface area (Å²) in [5, 5.41) is 2.82. The van der Waals surface area contributed by atoms with Gasteiger partial charge in [-0.05, 0) is 72.0 Å². The molecule has 1 aliphatic rings. The topological polar surface area (TPSA) is 56.8 Å². The van der Waals surface area contributed by atoms with Gasteiger partial charge in [-0.25, -0.2) is 4.79 Å². The summed E-state index contributed by atoms with van der Waals surface area (Å²) in [6.07, 6.45) is 1.56. The summed E-state index contributed by atoms with van der Waals surface area (Å²) in [6.45, 7) is 15.9. The van der Waals surface area contributed by atoms with Crippen LogP contribution in [-0.2, 0) is 14.0 Å². The zero-order chi connectivity index (χ0) is 20.5. The molecule has 6 heteroatoms. The first-order valence-electron chi connectivity index (χ1n) is 9.39. The van der Waals surface area contributed by atoms with E-state index in [1.54, 1.807) is 0 Å². The fourth-order valence-electron chi connectivity index (χ4n) is 2.63.